The van der Waals surface area contributed by atoms with Gasteiger partial charge in [0.05, 0.1) is 6.61 Å². The van der Waals surface area contributed by atoms with Crippen molar-refractivity contribution in [1.29, 1.82) is 0 Å². The van der Waals surface area contributed by atoms with Crippen LogP contribution in [-0.2, 0) is 6.54 Å². The molecule has 2 saturated heterocycles. The topological polar surface area (TPSA) is 68.3 Å². The maximum atomic E-state index is 13.8. The average Bonchev–Trinajstić information content (AvgIpc) is 3.48. The maximum absolute atomic E-state index is 13.8. The van der Waals surface area contributed by atoms with Crippen LogP contribution in [0.15, 0.2) is 84.9 Å². The molecular weight excluding hydrogens is 591 g/mol. The van der Waals surface area contributed by atoms with E-state index >= 15 is 0 Å². The van der Waals surface area contributed by atoms with Crippen LogP contribution in [-0.4, -0.2) is 68.3 Å². The van der Waals surface area contributed by atoms with E-state index in [0.29, 0.717) is 24.8 Å². The Labute approximate surface area is 275 Å². The number of aromatic hydroxyl groups is 1. The first-order chi connectivity index (χ1) is 23.0. The van der Waals surface area contributed by atoms with E-state index in [9.17, 15) is 14.3 Å². The Hall–Kier alpha value is -4.56. The van der Waals surface area contributed by atoms with E-state index in [1.165, 1.54) is 41.9 Å². The predicted octanol–water partition coefficient (Wildman–Crippen LogP) is 6.12. The van der Waals surface area contributed by atoms with Gasteiger partial charge in [0.15, 0.2) is 0 Å². The molecular formula is C39H41FN4O3. The number of piperazine rings is 1. The number of carbonyl (C=O) groups is 1. The van der Waals surface area contributed by atoms with Crippen molar-refractivity contribution in [2.24, 2.45) is 5.92 Å². The molecule has 4 aromatic carbocycles. The van der Waals surface area contributed by atoms with Gasteiger partial charge in [-0.1, -0.05) is 30.3 Å². The van der Waals surface area contributed by atoms with Gasteiger partial charge in [-0.3, -0.25) is 9.69 Å². The van der Waals surface area contributed by atoms with E-state index in [1.807, 2.05) is 24.3 Å². The minimum absolute atomic E-state index is 0.0347. The number of hydrogen-bond acceptors (Lipinski definition) is 6. The lowest BCUT2D eigenvalue weighted by atomic mass is 9.76. The van der Waals surface area contributed by atoms with Crippen LogP contribution in [0.25, 0.3) is 0 Å². The lowest BCUT2D eigenvalue weighted by Crippen LogP contribution is -2.49. The van der Waals surface area contributed by atoms with Gasteiger partial charge in [0.2, 0.25) is 0 Å². The first-order valence-corrected chi connectivity index (χ1v) is 16.9. The van der Waals surface area contributed by atoms with E-state index < -0.39 is 0 Å². The summed E-state index contributed by atoms with van der Waals surface area (Å²) in [5.41, 5.74) is 7.68. The summed E-state index contributed by atoms with van der Waals surface area (Å²) in [6.45, 7) is 8.57. The number of phenolic OH excluding ortho intramolecular Hbond substituents is 1. The Kier molecular flexibility index (Phi) is 7.97. The highest BCUT2D eigenvalue weighted by atomic mass is 19.1. The molecule has 0 aliphatic carbocycles. The molecule has 8 heteroatoms. The van der Waals surface area contributed by atoms with Crippen LogP contribution < -0.4 is 19.9 Å². The molecule has 2 fully saturated rings. The highest BCUT2D eigenvalue weighted by Crippen LogP contribution is 2.47. The molecule has 242 valence electrons. The number of halogens is 1. The summed E-state index contributed by atoms with van der Waals surface area (Å²) in [4.78, 5) is 19.5. The number of rotatable bonds is 6. The third-order valence-electron chi connectivity index (χ3n) is 10.7. The van der Waals surface area contributed by atoms with Crippen molar-refractivity contribution in [3.8, 4) is 11.5 Å². The van der Waals surface area contributed by atoms with E-state index in [4.69, 9.17) is 4.74 Å². The largest absolute Gasteiger partial charge is 0.508 e. The molecule has 2 N–H and O–H groups in total. The van der Waals surface area contributed by atoms with Gasteiger partial charge in [0.25, 0.3) is 5.91 Å². The number of anilines is 2. The summed E-state index contributed by atoms with van der Waals surface area (Å²) in [6.07, 6.45) is 2.38. The van der Waals surface area contributed by atoms with Crippen LogP contribution >= 0.6 is 0 Å². The molecule has 0 bridgehead atoms. The Bertz CT molecular complexity index is 1750. The Morgan fingerprint density at radius 1 is 0.787 bits per heavy atom. The van der Waals surface area contributed by atoms with Crippen molar-refractivity contribution in [1.82, 2.24) is 10.2 Å². The van der Waals surface area contributed by atoms with Crippen LogP contribution in [0, 0.1) is 11.7 Å². The van der Waals surface area contributed by atoms with Crippen molar-refractivity contribution in [3.05, 3.63) is 119 Å². The zero-order valence-electron chi connectivity index (χ0n) is 26.6. The molecule has 4 aromatic rings. The van der Waals surface area contributed by atoms with Gasteiger partial charge in [0, 0.05) is 92.8 Å². The van der Waals surface area contributed by atoms with Crippen LogP contribution in [0.5, 0.6) is 11.5 Å². The standard InChI is InChI=1S/C39H41FN4O3/c40-30-5-1-27(2-6-30)36-25-47-37-22-33(45)10-12-35(37)38(36)28-3-7-31(8-4-28)43-15-13-26(14-16-43)24-42-17-19-44(20-18-42)32-9-11-34-29(21-32)23-41-39(34)46/h1-12,21-22,26,36,38,45H,13-20,23-25H2,(H,41,46). The molecule has 2 unspecified atom stereocenters. The fraction of sp³-hybridized carbons (Fsp3) is 0.359. The number of benzene rings is 4. The van der Waals surface area contributed by atoms with Crippen molar-refractivity contribution in [2.45, 2.75) is 31.2 Å². The summed E-state index contributed by atoms with van der Waals surface area (Å²) in [6, 6.07) is 27.3. The van der Waals surface area contributed by atoms with Crippen molar-refractivity contribution < 1.29 is 19.0 Å². The van der Waals surface area contributed by atoms with Gasteiger partial charge >= 0.3 is 0 Å². The first-order valence-electron chi connectivity index (χ1n) is 16.9. The fourth-order valence-electron chi connectivity index (χ4n) is 8.04. The summed E-state index contributed by atoms with van der Waals surface area (Å²) in [5.74, 6) is 1.48. The molecule has 2 atom stereocenters. The van der Waals surface area contributed by atoms with Gasteiger partial charge in [0.1, 0.15) is 17.3 Å². The monoisotopic (exact) mass is 632 g/mol. The second-order valence-corrected chi connectivity index (χ2v) is 13.5. The molecule has 0 radical (unpaired) electrons. The Morgan fingerprint density at radius 3 is 2.26 bits per heavy atom. The normalized spacial score (nSPS) is 21.6. The third-order valence-corrected chi connectivity index (χ3v) is 10.7. The molecule has 4 heterocycles. The SMILES string of the molecule is O=C1NCc2cc(N3CCN(CC4CCN(c5ccc(C6c7ccc(O)cc7OCC6c6ccc(F)cc6)cc5)CC4)CC3)ccc21. The minimum Gasteiger partial charge on any atom is -0.508 e. The average molecular weight is 633 g/mol. The summed E-state index contributed by atoms with van der Waals surface area (Å²) < 4.78 is 19.9. The third kappa shape index (κ3) is 6.02. The molecule has 4 aliphatic heterocycles. The van der Waals surface area contributed by atoms with E-state index in [1.54, 1.807) is 12.1 Å². The second-order valence-electron chi connectivity index (χ2n) is 13.5. The van der Waals surface area contributed by atoms with E-state index in [-0.39, 0.29) is 29.3 Å². The van der Waals surface area contributed by atoms with E-state index in [0.717, 1.165) is 68.1 Å². The van der Waals surface area contributed by atoms with Gasteiger partial charge in [-0.25, -0.2) is 4.39 Å². The number of ether oxygens (including phenoxy) is 1. The Balaban J connectivity index is 0.882. The zero-order chi connectivity index (χ0) is 31.9. The first kappa shape index (κ1) is 29.8. The van der Waals surface area contributed by atoms with E-state index in [2.05, 4.69) is 56.4 Å². The molecule has 0 saturated carbocycles. The van der Waals surface area contributed by atoms with Crippen LogP contribution in [0.1, 0.15) is 57.3 Å². The number of phenols is 1. The molecule has 47 heavy (non-hydrogen) atoms. The minimum atomic E-state index is -0.243. The Morgan fingerprint density at radius 2 is 1.49 bits per heavy atom. The summed E-state index contributed by atoms with van der Waals surface area (Å²) in [5, 5.41) is 13.0. The van der Waals surface area contributed by atoms with Crippen LogP contribution in [0.4, 0.5) is 15.8 Å². The molecule has 0 spiro atoms. The van der Waals surface area contributed by atoms with Crippen molar-refractivity contribution in [2.75, 3.05) is 62.2 Å². The van der Waals surface area contributed by atoms with Gasteiger partial charge in [-0.2, -0.15) is 0 Å². The maximum Gasteiger partial charge on any atom is 0.251 e. The number of amides is 1. The van der Waals surface area contributed by atoms with Crippen molar-refractivity contribution >= 4 is 17.3 Å². The highest BCUT2D eigenvalue weighted by molar-refractivity contribution is 5.98. The number of nitrogens with one attached hydrogen (secondary N) is 1. The highest BCUT2D eigenvalue weighted by Gasteiger charge is 2.34. The van der Waals surface area contributed by atoms with Gasteiger partial charge in [-0.15, -0.1) is 0 Å². The number of carbonyl (C=O) groups excluding carboxylic acids is 1. The summed E-state index contributed by atoms with van der Waals surface area (Å²) >= 11 is 0. The van der Waals surface area contributed by atoms with Gasteiger partial charge < -0.3 is 25.0 Å². The van der Waals surface area contributed by atoms with Gasteiger partial charge in [-0.05, 0) is 84.0 Å². The molecule has 4 aliphatic rings. The van der Waals surface area contributed by atoms with Crippen LogP contribution in [0.3, 0.4) is 0 Å². The number of hydrogen-bond donors (Lipinski definition) is 2. The second kappa shape index (κ2) is 12.6. The molecule has 1 amide bonds. The fourth-order valence-corrected chi connectivity index (χ4v) is 8.04. The van der Waals surface area contributed by atoms with Crippen molar-refractivity contribution in [3.63, 3.8) is 0 Å². The number of piperidine rings is 1. The zero-order valence-corrected chi connectivity index (χ0v) is 26.6. The lowest BCUT2D eigenvalue weighted by Gasteiger charge is -2.40. The van der Waals surface area contributed by atoms with Crippen LogP contribution in [0.2, 0.25) is 0 Å². The summed E-state index contributed by atoms with van der Waals surface area (Å²) in [7, 11) is 0. The smallest absolute Gasteiger partial charge is 0.251 e. The number of nitrogens with zero attached hydrogens (tertiary/aromatic N) is 3. The molecule has 8 rings (SSSR count). The predicted molar refractivity (Wildman–Crippen MR) is 182 cm³/mol. The lowest BCUT2D eigenvalue weighted by molar-refractivity contribution is 0.0965. The number of fused-ring (bicyclic) bond motifs is 2. The molecule has 7 nitrogen and oxygen atoms in total. The molecule has 0 aromatic heterocycles. The quantitative estimate of drug-likeness (QED) is 0.267.